The van der Waals surface area contributed by atoms with Crippen molar-refractivity contribution in [2.45, 2.75) is 47.1 Å². The maximum absolute atomic E-state index is 12.5. The van der Waals surface area contributed by atoms with Crippen molar-refractivity contribution >= 4 is 43.0 Å². The summed E-state index contributed by atoms with van der Waals surface area (Å²) in [5, 5.41) is 5.01. The number of hydrogen-bond acceptors (Lipinski definition) is 11. The summed E-state index contributed by atoms with van der Waals surface area (Å²) in [6.07, 6.45) is -1.95. The zero-order chi connectivity index (χ0) is 25.3. The summed E-state index contributed by atoms with van der Waals surface area (Å²) in [7, 11) is -3.02. The van der Waals surface area contributed by atoms with Gasteiger partial charge < -0.3 is 0 Å². The van der Waals surface area contributed by atoms with Crippen LogP contribution in [-0.4, -0.2) is 73.4 Å². The van der Waals surface area contributed by atoms with Crippen LogP contribution in [0.2, 0.25) is 0 Å². The van der Waals surface area contributed by atoms with Crippen LogP contribution in [0.5, 0.6) is 0 Å². The topological polar surface area (TPSA) is 159 Å². The van der Waals surface area contributed by atoms with E-state index in [0.717, 1.165) is 11.8 Å². The Balaban J connectivity index is 2.43. The molecule has 0 spiro atoms. The molecule has 0 aromatic heterocycles. The molecule has 0 radical (unpaired) electrons. The quantitative estimate of drug-likeness (QED) is 0.168. The van der Waals surface area contributed by atoms with Gasteiger partial charge in [-0.15, -0.1) is 0 Å². The molecule has 0 aliphatic carbocycles. The van der Waals surface area contributed by atoms with Gasteiger partial charge >= 0.3 is 198 Å². The van der Waals surface area contributed by atoms with Gasteiger partial charge in [0.05, 0.1) is 0 Å². The van der Waals surface area contributed by atoms with E-state index in [2.05, 4.69) is 15.4 Å². The van der Waals surface area contributed by atoms with Gasteiger partial charge in [0, 0.05) is 0 Å². The summed E-state index contributed by atoms with van der Waals surface area (Å²) < 4.78 is 25.2. The van der Waals surface area contributed by atoms with E-state index < -0.39 is 49.9 Å². The molecular weight excluding hydrogens is 479 g/mol. The van der Waals surface area contributed by atoms with Crippen LogP contribution in [0.4, 0.5) is 4.79 Å². The van der Waals surface area contributed by atoms with Crippen LogP contribution in [0.15, 0.2) is 0 Å². The molecule has 33 heavy (non-hydrogen) atoms. The molecule has 192 valence electrons. The average Bonchev–Trinajstić information content (AvgIpc) is 2.72. The molecule has 14 heteroatoms. The number of rotatable bonds is 10. The van der Waals surface area contributed by atoms with Gasteiger partial charge in [-0.25, -0.2) is 0 Å². The van der Waals surface area contributed by atoms with Crippen LogP contribution in [-0.2, 0) is 37.4 Å². The van der Waals surface area contributed by atoms with Gasteiger partial charge in [0.25, 0.3) is 0 Å². The van der Waals surface area contributed by atoms with Crippen LogP contribution in [0.3, 0.4) is 0 Å². The van der Waals surface area contributed by atoms with E-state index in [4.69, 9.17) is 18.3 Å². The molecule has 0 bridgehead atoms. The van der Waals surface area contributed by atoms with Gasteiger partial charge in [0.1, 0.15) is 0 Å². The Morgan fingerprint density at radius 3 is 2.45 bits per heavy atom. The Bertz CT molecular complexity index is 715. The molecule has 1 rings (SSSR count). The first kappa shape index (κ1) is 29.5. The summed E-state index contributed by atoms with van der Waals surface area (Å²) in [6, 6.07) is 0. The molecule has 1 heterocycles. The molecule has 0 unspecified atom stereocenters. The first-order valence-electron chi connectivity index (χ1n) is 10.3. The molecule has 2 amide bonds. The van der Waals surface area contributed by atoms with E-state index in [-0.39, 0.29) is 31.2 Å². The number of thioether (sulfide) groups is 1. The zero-order valence-corrected chi connectivity index (χ0v) is 21.7. The van der Waals surface area contributed by atoms with Crippen molar-refractivity contribution in [2.75, 3.05) is 39.4 Å². The molecule has 1 atom stereocenters. The van der Waals surface area contributed by atoms with Crippen molar-refractivity contribution in [3.63, 3.8) is 0 Å². The molecule has 1 fully saturated rings. The van der Waals surface area contributed by atoms with Gasteiger partial charge in [-0.3, -0.25) is 0 Å². The molecule has 0 aromatic rings. The number of alkyl carbamates (subject to hydrolysis) is 1. The summed E-state index contributed by atoms with van der Waals surface area (Å²) >= 11 is 1.11. The van der Waals surface area contributed by atoms with Gasteiger partial charge in [-0.2, -0.15) is 0 Å². The van der Waals surface area contributed by atoms with E-state index in [1.165, 1.54) is 7.11 Å². The summed E-state index contributed by atoms with van der Waals surface area (Å²) in [5.41, 5.74) is -1.26. The number of carbonyl (C=O) groups is 4. The number of methoxy groups -OCH3 is 1. The predicted molar refractivity (Wildman–Crippen MR) is 122 cm³/mol. The maximum atomic E-state index is 12.5. The third kappa shape index (κ3) is 10.5. The monoisotopic (exact) mass is 514 g/mol. The third-order valence-corrected chi connectivity index (χ3v) is 7.15. The van der Waals surface area contributed by atoms with Crippen LogP contribution >= 0.6 is 19.9 Å². The summed E-state index contributed by atoms with van der Waals surface area (Å²) in [6.45, 7) is 8.36. The minimum atomic E-state index is -4.27. The van der Waals surface area contributed by atoms with Gasteiger partial charge in [0.15, 0.2) is 0 Å². The molecule has 1 aliphatic heterocycles. The van der Waals surface area contributed by atoms with E-state index in [9.17, 15) is 24.1 Å². The number of carbonyl (C=O) groups excluding carboxylic acids is 4. The molecule has 1 saturated heterocycles. The molecule has 0 aromatic carbocycles. The standard InChI is InChI=1S/C19H35N2O10PS/c1-18(2,3)16(24)33-10-9-21-17(25)28-12-30-32(26)29-11-19(4,5)14(31-32)15(23)20-8-7-13(22)27-6/h14,26,32H,7-12H2,1-6H3,(H,20,23)(H,21,25)/t14-/m0/s1. The molecule has 12 nitrogen and oxygen atoms in total. The fraction of sp³-hybridized carbons (Fsp3) is 0.789. The second-order valence-electron chi connectivity index (χ2n) is 8.92. The average molecular weight is 515 g/mol. The normalized spacial score (nSPS) is 20.3. The number of amides is 2. The van der Waals surface area contributed by atoms with Crippen molar-refractivity contribution < 1.29 is 47.1 Å². The summed E-state index contributed by atoms with van der Waals surface area (Å²) in [4.78, 5) is 57.7. The Labute approximate surface area is 198 Å². The number of esters is 1. The van der Waals surface area contributed by atoms with Gasteiger partial charge in [-0.1, -0.05) is 0 Å². The number of hydrogen-bond donors (Lipinski definition) is 3. The Hall–Kier alpha value is -1.50. The third-order valence-electron chi connectivity index (χ3n) is 4.35. The van der Waals surface area contributed by atoms with Crippen LogP contribution in [0.25, 0.3) is 0 Å². The van der Waals surface area contributed by atoms with Gasteiger partial charge in [0.2, 0.25) is 0 Å². The minimum absolute atomic E-state index is 0.00707. The van der Waals surface area contributed by atoms with Crippen molar-refractivity contribution in [1.82, 2.24) is 10.6 Å². The molecule has 1 aliphatic rings. The Morgan fingerprint density at radius 2 is 1.85 bits per heavy atom. The van der Waals surface area contributed by atoms with Crippen molar-refractivity contribution in [1.29, 1.82) is 0 Å². The number of nitrogens with one attached hydrogen (secondary N) is 2. The van der Waals surface area contributed by atoms with E-state index >= 15 is 0 Å². The molecule has 0 saturated carbocycles. The number of ether oxygens (including phenoxy) is 2. The molecular formula is C19H35N2O10PS. The van der Waals surface area contributed by atoms with Crippen molar-refractivity contribution in [3.8, 4) is 0 Å². The second-order valence-corrected chi connectivity index (χ2v) is 11.9. The Kier molecular flexibility index (Phi) is 11.5. The molecule has 3 N–H and O–H groups in total. The van der Waals surface area contributed by atoms with Crippen LogP contribution in [0.1, 0.15) is 41.0 Å². The SMILES string of the molecule is COC(=O)CCNC(=O)[C@@H]1O[PH](O)(OCOC(=O)NCCSC(=O)C(C)(C)C)OCC1(C)C. The van der Waals surface area contributed by atoms with Crippen LogP contribution in [0, 0.1) is 10.8 Å². The Morgan fingerprint density at radius 1 is 1.18 bits per heavy atom. The predicted octanol–water partition coefficient (Wildman–Crippen LogP) is 1.52. The van der Waals surface area contributed by atoms with Crippen LogP contribution < -0.4 is 10.6 Å². The van der Waals surface area contributed by atoms with Gasteiger partial charge in [-0.05, 0) is 0 Å². The fourth-order valence-electron chi connectivity index (χ4n) is 2.38. The fourth-order valence-corrected chi connectivity index (χ4v) is 4.91. The zero-order valence-electron chi connectivity index (χ0n) is 19.8. The van der Waals surface area contributed by atoms with Crippen molar-refractivity contribution in [3.05, 3.63) is 0 Å². The first-order chi connectivity index (χ1) is 15.2. The van der Waals surface area contributed by atoms with E-state index in [0.29, 0.717) is 5.75 Å². The first-order valence-corrected chi connectivity index (χ1v) is 13.0. The van der Waals surface area contributed by atoms with E-state index in [1.54, 1.807) is 13.8 Å². The second kappa shape index (κ2) is 12.8. The van der Waals surface area contributed by atoms with Crippen molar-refractivity contribution in [2.24, 2.45) is 10.8 Å². The van der Waals surface area contributed by atoms with E-state index in [1.807, 2.05) is 20.8 Å². The summed E-state index contributed by atoms with van der Waals surface area (Å²) in [5.74, 6) is -0.659.